The minimum atomic E-state index is -1.95. The van der Waals surface area contributed by atoms with Gasteiger partial charge in [0.2, 0.25) is 8.32 Å². The van der Waals surface area contributed by atoms with Gasteiger partial charge in [-0.3, -0.25) is 0 Å². The van der Waals surface area contributed by atoms with E-state index in [9.17, 15) is 4.79 Å². The molecule has 0 heterocycles. The Labute approximate surface area is 165 Å². The van der Waals surface area contributed by atoms with Crippen LogP contribution >= 0.6 is 0 Å². The predicted octanol–water partition coefficient (Wildman–Crippen LogP) is 7.77. The van der Waals surface area contributed by atoms with Gasteiger partial charge in [-0.15, -0.1) is 0 Å². The van der Waals surface area contributed by atoms with Gasteiger partial charge in [-0.1, -0.05) is 70.8 Å². The number of ether oxygens (including phenoxy) is 1. The molecule has 0 amide bonds. The van der Waals surface area contributed by atoms with E-state index in [0.717, 1.165) is 0 Å². The molecule has 0 atom stereocenters. The van der Waals surface area contributed by atoms with Gasteiger partial charge in [-0.2, -0.15) is 0 Å². The van der Waals surface area contributed by atoms with Crippen LogP contribution in [0.25, 0.3) is 0 Å². The van der Waals surface area contributed by atoms with Gasteiger partial charge in [-0.05, 0) is 38.8 Å². The Hall–Kier alpha value is -0.179. The lowest BCUT2D eigenvalue weighted by Crippen LogP contribution is -2.51. The molecule has 0 aromatic rings. The van der Waals surface area contributed by atoms with Crippen LogP contribution in [-0.4, -0.2) is 36.9 Å². The van der Waals surface area contributed by atoms with Crippen LogP contribution in [0.3, 0.4) is 0 Å². The van der Waals surface area contributed by atoms with Crippen molar-refractivity contribution >= 4 is 30.7 Å². The van der Waals surface area contributed by atoms with Gasteiger partial charge in [0, 0.05) is 13.6 Å². The average Bonchev–Trinajstić information content (AvgIpc) is 2.07. The largest absolute Gasteiger partial charge is 0.463 e. The number of carbonyl (C=O) groups is 1. The number of hydrogen-bond acceptors (Lipinski definition) is 3. The molecule has 0 unspecified atom stereocenters. The molecule has 0 aromatic heterocycles. The molecule has 0 N–H and O–H groups in total. The number of carbonyl (C=O) groups excluding carboxylic acids is 1. The Morgan fingerprint density at radius 1 is 0.800 bits per heavy atom. The van der Waals surface area contributed by atoms with E-state index >= 15 is 0 Å². The Morgan fingerprint density at radius 3 is 1.44 bits per heavy atom. The summed E-state index contributed by atoms with van der Waals surface area (Å²) in [6.07, 6.45) is 0.417. The van der Waals surface area contributed by atoms with Crippen LogP contribution < -0.4 is 0 Å². The Balaban J connectivity index is -0.000000108. The molecule has 0 saturated carbocycles. The minimum Gasteiger partial charge on any atom is -0.463 e. The Kier molecular flexibility index (Phi) is 28.4. The molecule has 0 aliphatic heterocycles. The van der Waals surface area contributed by atoms with Gasteiger partial charge in [-0.25, -0.2) is 4.79 Å². The Morgan fingerprint density at radius 2 is 1.16 bits per heavy atom. The zero-order valence-electron chi connectivity index (χ0n) is 13.8. The lowest BCUT2D eigenvalue weighted by Gasteiger charge is -2.36. The molecule has 25 heavy (non-hydrogen) atoms. The van der Waals surface area contributed by atoms with E-state index in [1.165, 1.54) is 5.67 Å². The summed E-state index contributed by atoms with van der Waals surface area (Å²) >= 11 is 0. The summed E-state index contributed by atoms with van der Waals surface area (Å²) in [7, 11) is -4.73. The second-order valence-electron chi connectivity index (χ2n) is 7.72. The first kappa shape index (κ1) is 44.3. The maximum absolute atomic E-state index is 11.4. The summed E-state index contributed by atoms with van der Waals surface area (Å²) in [5.41, 5.74) is 1.69. The van der Waals surface area contributed by atoms with Crippen LogP contribution in [0, 0.1) is 0 Å². The van der Waals surface area contributed by atoms with E-state index in [2.05, 4.69) is 52.4 Å². The van der Waals surface area contributed by atoms with Crippen LogP contribution in [0.1, 0.15) is 51.5 Å². The van der Waals surface area contributed by atoms with Crippen LogP contribution in [-0.2, 0) is 13.6 Å². The van der Waals surface area contributed by atoms with Crippen LogP contribution in [0.15, 0.2) is 12.2 Å². The van der Waals surface area contributed by atoms with Crippen molar-refractivity contribution in [2.45, 2.75) is 103 Å². The van der Waals surface area contributed by atoms with E-state index in [1.807, 2.05) is 0 Å². The molecule has 0 spiro atoms. The standard InChI is InChI=1S/C13H30O3Si3.6CH4/c1-12(2)13(14)15-10-18(6,7)16-19(8,9)11-17(3,4)5;;;;;;/h1,10-11H2,2-9H3;6*1H4. The third kappa shape index (κ3) is 23.8. The van der Waals surface area contributed by atoms with E-state index in [0.29, 0.717) is 11.8 Å². The highest BCUT2D eigenvalue weighted by Gasteiger charge is 2.37. The van der Waals surface area contributed by atoms with Crippen molar-refractivity contribution in [1.29, 1.82) is 0 Å². The molecule has 0 bridgehead atoms. The fourth-order valence-corrected chi connectivity index (χ4v) is 20.3. The monoisotopic (exact) mass is 414 g/mol. The van der Waals surface area contributed by atoms with Crippen molar-refractivity contribution in [3.05, 3.63) is 12.2 Å². The summed E-state index contributed by atoms with van der Waals surface area (Å²) in [5.74, 6) is -0.311. The van der Waals surface area contributed by atoms with Crippen LogP contribution in [0.5, 0.6) is 0 Å². The zero-order valence-corrected chi connectivity index (χ0v) is 16.8. The molecule has 0 aromatic carbocycles. The van der Waals surface area contributed by atoms with Gasteiger partial charge in [0.1, 0.15) is 6.23 Å². The average molecular weight is 415 g/mol. The summed E-state index contributed by atoms with van der Waals surface area (Å²) in [5, 5.41) is 0. The first-order chi connectivity index (χ1) is 8.24. The molecular formula is C19H54O3Si3. The molecule has 0 aliphatic rings. The third-order valence-electron chi connectivity index (χ3n) is 2.41. The molecule has 0 aliphatic carbocycles. The molecule has 0 rings (SSSR count). The van der Waals surface area contributed by atoms with Crippen molar-refractivity contribution in [1.82, 2.24) is 0 Å². The van der Waals surface area contributed by atoms with Gasteiger partial charge < -0.3 is 8.85 Å². The van der Waals surface area contributed by atoms with E-state index < -0.39 is 24.7 Å². The van der Waals surface area contributed by atoms with E-state index in [4.69, 9.17) is 8.85 Å². The second-order valence-corrected chi connectivity index (χ2v) is 22.4. The topological polar surface area (TPSA) is 35.5 Å². The second kappa shape index (κ2) is 16.0. The number of esters is 1. The van der Waals surface area contributed by atoms with Gasteiger partial charge >= 0.3 is 5.97 Å². The predicted molar refractivity (Wildman–Crippen MR) is 130 cm³/mol. The summed E-state index contributed by atoms with van der Waals surface area (Å²) in [6.45, 7) is 21.2. The molecule has 0 fully saturated rings. The highest BCUT2D eigenvalue weighted by atomic mass is 28.4. The quantitative estimate of drug-likeness (QED) is 0.242. The molecule has 3 nitrogen and oxygen atoms in total. The fourth-order valence-electron chi connectivity index (χ4n) is 2.45. The first-order valence-corrected chi connectivity index (χ1v) is 16.7. The van der Waals surface area contributed by atoms with Gasteiger partial charge in [0.15, 0.2) is 8.32 Å². The molecular weight excluding hydrogens is 360 g/mol. The minimum absolute atomic E-state index is 0. The lowest BCUT2D eigenvalue weighted by atomic mass is 10.4. The normalized spacial score (nSPS) is 10.1. The molecule has 160 valence electrons. The van der Waals surface area contributed by atoms with Crippen molar-refractivity contribution in [3.63, 3.8) is 0 Å². The summed E-state index contributed by atoms with van der Waals surface area (Å²) in [6, 6.07) is 0. The maximum atomic E-state index is 11.4. The third-order valence-corrected chi connectivity index (χ3v) is 15.3. The van der Waals surface area contributed by atoms with Crippen molar-refractivity contribution in [2.24, 2.45) is 0 Å². The van der Waals surface area contributed by atoms with E-state index in [1.54, 1.807) is 6.92 Å². The van der Waals surface area contributed by atoms with Gasteiger partial charge in [0.25, 0.3) is 0 Å². The fraction of sp³-hybridized carbons (Fsp3) is 0.842. The Bertz CT molecular complexity index is 346. The van der Waals surface area contributed by atoms with Crippen molar-refractivity contribution < 1.29 is 13.6 Å². The summed E-state index contributed by atoms with van der Waals surface area (Å²) < 4.78 is 11.7. The van der Waals surface area contributed by atoms with E-state index in [-0.39, 0.29) is 50.5 Å². The molecule has 0 radical (unpaired) electrons. The summed E-state index contributed by atoms with van der Waals surface area (Å²) in [4.78, 5) is 11.4. The SMILES string of the molecule is C.C.C.C.C.C.C=C(C)C(=O)OC[Si](C)(C)O[Si](C)(C)C[Si](C)(C)C. The molecule has 0 saturated heterocycles. The van der Waals surface area contributed by atoms with Gasteiger partial charge in [0.05, 0.1) is 0 Å². The highest BCUT2D eigenvalue weighted by molar-refractivity contribution is 6.95. The first-order valence-electron chi connectivity index (χ1n) is 6.77. The van der Waals surface area contributed by atoms with Crippen molar-refractivity contribution in [3.8, 4) is 0 Å². The molecule has 6 heteroatoms. The van der Waals surface area contributed by atoms with Crippen LogP contribution in [0.4, 0.5) is 0 Å². The lowest BCUT2D eigenvalue weighted by molar-refractivity contribution is -0.137. The smallest absolute Gasteiger partial charge is 0.332 e. The zero-order chi connectivity index (χ0) is 15.5. The number of hydrogen-bond donors (Lipinski definition) is 0. The maximum Gasteiger partial charge on any atom is 0.332 e. The van der Waals surface area contributed by atoms with Crippen molar-refractivity contribution in [2.75, 3.05) is 6.23 Å². The number of rotatable bonds is 7. The van der Waals surface area contributed by atoms with Crippen LogP contribution in [0.2, 0.25) is 51.5 Å². The highest BCUT2D eigenvalue weighted by Crippen LogP contribution is 2.24.